The summed E-state index contributed by atoms with van der Waals surface area (Å²) in [5, 5.41) is 5.79. The van der Waals surface area contributed by atoms with Gasteiger partial charge in [0.1, 0.15) is 0 Å². The highest BCUT2D eigenvalue weighted by Gasteiger charge is 2.17. The summed E-state index contributed by atoms with van der Waals surface area (Å²) in [6, 6.07) is 5.32. The summed E-state index contributed by atoms with van der Waals surface area (Å²) in [6.07, 6.45) is 2.79. The third-order valence-corrected chi connectivity index (χ3v) is 3.42. The van der Waals surface area contributed by atoms with Crippen molar-refractivity contribution < 1.29 is 19.0 Å². The van der Waals surface area contributed by atoms with Gasteiger partial charge >= 0.3 is 6.03 Å². The van der Waals surface area contributed by atoms with Crippen LogP contribution in [0.2, 0.25) is 0 Å². The van der Waals surface area contributed by atoms with Crippen LogP contribution in [-0.2, 0) is 4.74 Å². The number of nitrogens with one attached hydrogen (secondary N) is 2. The molecule has 1 fully saturated rings. The molecule has 1 saturated heterocycles. The largest absolute Gasteiger partial charge is 0.454 e. The number of hydrogen-bond acceptors (Lipinski definition) is 4. The van der Waals surface area contributed by atoms with Crippen molar-refractivity contribution in [3.63, 3.8) is 0 Å². The fourth-order valence-corrected chi connectivity index (χ4v) is 2.37. The van der Waals surface area contributed by atoms with Crippen molar-refractivity contribution in [2.75, 3.05) is 25.3 Å². The van der Waals surface area contributed by atoms with Crippen molar-refractivity contribution in [2.24, 2.45) is 0 Å². The Balaban J connectivity index is 1.55. The van der Waals surface area contributed by atoms with Crippen LogP contribution >= 0.6 is 0 Å². The standard InChI is InChI=1S/C14H18N2O4/c17-14(15-10-2-1-6-18-7-5-10)16-11-3-4-12-13(8-11)20-9-19-12/h3-4,8,10H,1-2,5-7,9H2,(H2,15,16,17). The molecule has 2 aliphatic rings. The van der Waals surface area contributed by atoms with Gasteiger partial charge in [-0.25, -0.2) is 4.79 Å². The summed E-state index contributed by atoms with van der Waals surface area (Å²) in [7, 11) is 0. The molecular weight excluding hydrogens is 260 g/mol. The Morgan fingerprint density at radius 3 is 3.00 bits per heavy atom. The lowest BCUT2D eigenvalue weighted by Crippen LogP contribution is -2.38. The molecule has 0 saturated carbocycles. The number of carbonyl (C=O) groups excluding carboxylic acids is 1. The van der Waals surface area contributed by atoms with Gasteiger partial charge in [-0.05, 0) is 31.4 Å². The second-order valence-electron chi connectivity index (χ2n) is 4.91. The Morgan fingerprint density at radius 2 is 2.05 bits per heavy atom. The van der Waals surface area contributed by atoms with Gasteiger partial charge in [0.15, 0.2) is 11.5 Å². The number of ether oxygens (including phenoxy) is 3. The predicted octanol–water partition coefficient (Wildman–Crippen LogP) is 2.11. The molecule has 0 aromatic heterocycles. The lowest BCUT2D eigenvalue weighted by Gasteiger charge is -2.16. The first-order valence-corrected chi connectivity index (χ1v) is 6.86. The van der Waals surface area contributed by atoms with E-state index in [1.165, 1.54) is 0 Å². The number of urea groups is 1. The number of hydrogen-bond donors (Lipinski definition) is 2. The van der Waals surface area contributed by atoms with E-state index >= 15 is 0 Å². The number of amides is 2. The number of rotatable bonds is 2. The molecule has 1 aromatic rings. The average Bonchev–Trinajstić information content (AvgIpc) is 2.75. The van der Waals surface area contributed by atoms with Crippen LogP contribution in [0.1, 0.15) is 19.3 Å². The highest BCUT2D eigenvalue weighted by molar-refractivity contribution is 5.89. The van der Waals surface area contributed by atoms with Gasteiger partial charge in [0.2, 0.25) is 6.79 Å². The zero-order valence-electron chi connectivity index (χ0n) is 11.2. The van der Waals surface area contributed by atoms with Gasteiger partial charge in [-0.1, -0.05) is 0 Å². The van der Waals surface area contributed by atoms with E-state index < -0.39 is 0 Å². The molecule has 108 valence electrons. The van der Waals surface area contributed by atoms with Gasteiger partial charge in [0.05, 0.1) is 0 Å². The topological polar surface area (TPSA) is 68.8 Å². The fourth-order valence-electron chi connectivity index (χ4n) is 2.37. The third kappa shape index (κ3) is 3.14. The van der Waals surface area contributed by atoms with Crippen LogP contribution in [0, 0.1) is 0 Å². The number of benzene rings is 1. The predicted molar refractivity (Wildman–Crippen MR) is 73.2 cm³/mol. The van der Waals surface area contributed by atoms with Gasteiger partial charge in [0.25, 0.3) is 0 Å². The monoisotopic (exact) mass is 278 g/mol. The molecule has 0 radical (unpaired) electrons. The molecule has 1 atom stereocenters. The van der Waals surface area contributed by atoms with Crippen LogP contribution in [0.3, 0.4) is 0 Å². The molecule has 2 heterocycles. The minimum Gasteiger partial charge on any atom is -0.454 e. The molecule has 0 spiro atoms. The van der Waals surface area contributed by atoms with E-state index in [0.717, 1.165) is 25.9 Å². The summed E-state index contributed by atoms with van der Waals surface area (Å²) in [5.41, 5.74) is 0.691. The van der Waals surface area contributed by atoms with Crippen LogP contribution in [0.4, 0.5) is 10.5 Å². The Morgan fingerprint density at radius 1 is 1.15 bits per heavy atom. The first-order chi connectivity index (χ1) is 9.81. The van der Waals surface area contributed by atoms with Crippen molar-refractivity contribution in [2.45, 2.75) is 25.3 Å². The van der Waals surface area contributed by atoms with Crippen LogP contribution in [-0.4, -0.2) is 32.1 Å². The lowest BCUT2D eigenvalue weighted by molar-refractivity contribution is 0.143. The number of carbonyl (C=O) groups is 1. The molecule has 3 rings (SSSR count). The summed E-state index contributed by atoms with van der Waals surface area (Å²) in [5.74, 6) is 1.36. The van der Waals surface area contributed by atoms with Crippen molar-refractivity contribution in [3.8, 4) is 11.5 Å². The normalized spacial score (nSPS) is 21.1. The maximum atomic E-state index is 12.0. The molecule has 6 heteroatoms. The van der Waals surface area contributed by atoms with Crippen molar-refractivity contribution >= 4 is 11.7 Å². The highest BCUT2D eigenvalue weighted by Crippen LogP contribution is 2.34. The van der Waals surface area contributed by atoms with E-state index in [2.05, 4.69) is 10.6 Å². The molecule has 2 aliphatic heterocycles. The molecule has 1 unspecified atom stereocenters. The van der Waals surface area contributed by atoms with E-state index in [1.807, 2.05) is 0 Å². The quantitative estimate of drug-likeness (QED) is 0.869. The minimum atomic E-state index is -0.198. The third-order valence-electron chi connectivity index (χ3n) is 3.42. The minimum absolute atomic E-state index is 0.173. The Kier molecular flexibility index (Phi) is 3.92. The maximum absolute atomic E-state index is 12.0. The molecule has 20 heavy (non-hydrogen) atoms. The molecule has 1 aromatic carbocycles. The maximum Gasteiger partial charge on any atom is 0.319 e. The van der Waals surface area contributed by atoms with Crippen LogP contribution in [0.5, 0.6) is 11.5 Å². The molecule has 2 amide bonds. The second-order valence-corrected chi connectivity index (χ2v) is 4.91. The lowest BCUT2D eigenvalue weighted by atomic mass is 10.1. The highest BCUT2D eigenvalue weighted by atomic mass is 16.7. The van der Waals surface area contributed by atoms with Crippen LogP contribution in [0.25, 0.3) is 0 Å². The molecule has 2 N–H and O–H groups in total. The fraction of sp³-hybridized carbons (Fsp3) is 0.500. The number of fused-ring (bicyclic) bond motifs is 1. The van der Waals surface area contributed by atoms with Crippen LogP contribution < -0.4 is 20.1 Å². The summed E-state index contributed by atoms with van der Waals surface area (Å²) in [4.78, 5) is 12.0. The summed E-state index contributed by atoms with van der Waals surface area (Å²) >= 11 is 0. The van der Waals surface area contributed by atoms with Gasteiger partial charge in [-0.15, -0.1) is 0 Å². The molecule has 0 bridgehead atoms. The Bertz CT molecular complexity index is 484. The Hall–Kier alpha value is -1.95. The first kappa shape index (κ1) is 13.1. The zero-order chi connectivity index (χ0) is 13.8. The molecule has 6 nitrogen and oxygen atoms in total. The molecule has 0 aliphatic carbocycles. The van der Waals surface area contributed by atoms with Gasteiger partial charge in [-0.2, -0.15) is 0 Å². The summed E-state index contributed by atoms with van der Waals surface area (Å²) in [6.45, 7) is 1.71. The zero-order valence-corrected chi connectivity index (χ0v) is 11.2. The van der Waals surface area contributed by atoms with E-state index in [1.54, 1.807) is 18.2 Å². The van der Waals surface area contributed by atoms with Gasteiger partial charge < -0.3 is 24.8 Å². The van der Waals surface area contributed by atoms with E-state index in [-0.39, 0.29) is 18.9 Å². The first-order valence-electron chi connectivity index (χ1n) is 6.86. The Labute approximate surface area is 117 Å². The van der Waals surface area contributed by atoms with Crippen molar-refractivity contribution in [1.82, 2.24) is 5.32 Å². The van der Waals surface area contributed by atoms with Crippen molar-refractivity contribution in [3.05, 3.63) is 18.2 Å². The average molecular weight is 278 g/mol. The van der Waals surface area contributed by atoms with E-state index in [9.17, 15) is 4.79 Å². The SMILES string of the molecule is O=C(Nc1ccc2c(c1)OCO2)NC1CCCOCC1. The molecular formula is C14H18N2O4. The second kappa shape index (κ2) is 6.00. The van der Waals surface area contributed by atoms with Crippen molar-refractivity contribution in [1.29, 1.82) is 0 Å². The number of anilines is 1. The van der Waals surface area contributed by atoms with Gasteiger partial charge in [-0.3, -0.25) is 0 Å². The smallest absolute Gasteiger partial charge is 0.319 e. The van der Waals surface area contributed by atoms with Gasteiger partial charge in [0, 0.05) is 31.0 Å². The van der Waals surface area contributed by atoms with Crippen LogP contribution in [0.15, 0.2) is 18.2 Å². The summed E-state index contributed by atoms with van der Waals surface area (Å²) < 4.78 is 15.9. The van der Waals surface area contributed by atoms with E-state index in [4.69, 9.17) is 14.2 Å². The van der Waals surface area contributed by atoms with E-state index in [0.29, 0.717) is 23.8 Å².